The maximum Gasteiger partial charge on any atom is 0.249 e. The zero-order chi connectivity index (χ0) is 20.1. The number of amides is 2. The number of hydrogen-bond donors (Lipinski definition) is 2. The van der Waals surface area contributed by atoms with Gasteiger partial charge in [-0.25, -0.2) is 0 Å². The van der Waals surface area contributed by atoms with E-state index in [2.05, 4.69) is 4.98 Å². The van der Waals surface area contributed by atoms with Crippen molar-refractivity contribution in [3.8, 4) is 5.75 Å². The molecule has 1 fully saturated rings. The van der Waals surface area contributed by atoms with E-state index in [-0.39, 0.29) is 30.4 Å². The van der Waals surface area contributed by atoms with Gasteiger partial charge in [-0.3, -0.25) is 9.59 Å². The molecule has 3 heterocycles. The quantitative estimate of drug-likeness (QED) is 0.809. The van der Waals surface area contributed by atoms with Gasteiger partial charge in [0.05, 0.1) is 25.2 Å². The van der Waals surface area contributed by atoms with Crippen molar-refractivity contribution in [1.82, 2.24) is 14.8 Å². The summed E-state index contributed by atoms with van der Waals surface area (Å²) in [6.45, 7) is 2.84. The average molecular weight is 387 g/mol. The Morgan fingerprint density at radius 2 is 2.04 bits per heavy atom. The first kappa shape index (κ1) is 18.8. The van der Waals surface area contributed by atoms with Gasteiger partial charge in [-0.05, 0) is 17.7 Å². The summed E-state index contributed by atoms with van der Waals surface area (Å²) < 4.78 is 10.4. The molecule has 2 aliphatic heterocycles. The molecule has 150 valence electrons. The molecule has 4 rings (SSSR count). The third-order valence-corrected chi connectivity index (χ3v) is 5.94. The monoisotopic (exact) mass is 387 g/mol. The van der Waals surface area contributed by atoms with Gasteiger partial charge >= 0.3 is 0 Å². The van der Waals surface area contributed by atoms with Crippen LogP contribution >= 0.6 is 0 Å². The Labute approximate surface area is 163 Å². The van der Waals surface area contributed by atoms with Crippen LogP contribution in [-0.2, 0) is 19.7 Å². The third-order valence-electron chi connectivity index (χ3n) is 5.94. The van der Waals surface area contributed by atoms with Gasteiger partial charge in [-0.1, -0.05) is 0 Å². The highest BCUT2D eigenvalue weighted by molar-refractivity contribution is 5.90. The molecule has 1 spiro atoms. The number of carbonyl (C=O) groups excluding carboxylic acids is 2. The van der Waals surface area contributed by atoms with E-state index in [1.165, 1.54) is 7.11 Å². The first-order valence-corrected chi connectivity index (χ1v) is 9.29. The second kappa shape index (κ2) is 6.79. The van der Waals surface area contributed by atoms with E-state index in [9.17, 15) is 14.7 Å². The van der Waals surface area contributed by atoms with Crippen LogP contribution in [0.1, 0.15) is 24.2 Å². The largest absolute Gasteiger partial charge is 0.497 e. The number of methoxy groups -OCH3 is 2. The summed E-state index contributed by atoms with van der Waals surface area (Å²) in [7, 11) is 3.09. The van der Waals surface area contributed by atoms with Crippen molar-refractivity contribution in [3.63, 3.8) is 0 Å². The number of nitrogens with one attached hydrogen (secondary N) is 1. The number of aromatic nitrogens is 1. The number of benzene rings is 1. The van der Waals surface area contributed by atoms with Gasteiger partial charge in [-0.2, -0.15) is 0 Å². The van der Waals surface area contributed by atoms with E-state index in [1.54, 1.807) is 23.8 Å². The highest BCUT2D eigenvalue weighted by Crippen LogP contribution is 2.48. The highest BCUT2D eigenvalue weighted by atomic mass is 16.5. The summed E-state index contributed by atoms with van der Waals surface area (Å²) in [4.78, 5) is 31.4. The van der Waals surface area contributed by atoms with Crippen LogP contribution in [0.3, 0.4) is 0 Å². The minimum Gasteiger partial charge on any atom is -0.497 e. The Hall–Kier alpha value is -2.58. The molecule has 1 aromatic heterocycles. The summed E-state index contributed by atoms with van der Waals surface area (Å²) in [5.74, 6) is 0.573. The van der Waals surface area contributed by atoms with Crippen LogP contribution in [0.15, 0.2) is 18.2 Å². The van der Waals surface area contributed by atoms with Crippen LogP contribution in [0, 0.1) is 0 Å². The minimum absolute atomic E-state index is 0.0211. The van der Waals surface area contributed by atoms with Crippen LogP contribution in [0.5, 0.6) is 5.75 Å². The van der Waals surface area contributed by atoms with Crippen molar-refractivity contribution in [2.75, 3.05) is 47.1 Å². The predicted octanol–water partition coefficient (Wildman–Crippen LogP) is 0.798. The van der Waals surface area contributed by atoms with Gasteiger partial charge in [0.15, 0.2) is 0 Å². The SMILES string of the molecule is COCC(=O)N1CC2(CN(C(C)=O)C2)c2c([nH]c3cc(OC)ccc23)[C@@H]1CO. The number of aliphatic hydroxyl groups is 1. The number of aliphatic hydroxyl groups excluding tert-OH is 1. The molecular formula is C20H25N3O5. The number of hydrogen-bond acceptors (Lipinski definition) is 5. The second-order valence-electron chi connectivity index (χ2n) is 7.63. The first-order valence-electron chi connectivity index (χ1n) is 9.29. The molecule has 2 N–H and O–H groups in total. The maximum absolute atomic E-state index is 12.7. The van der Waals surface area contributed by atoms with Crippen molar-refractivity contribution >= 4 is 22.7 Å². The van der Waals surface area contributed by atoms with Gasteiger partial charge in [0, 0.05) is 56.3 Å². The number of carbonyl (C=O) groups is 2. The Balaban J connectivity index is 1.87. The summed E-state index contributed by atoms with van der Waals surface area (Å²) in [6, 6.07) is 5.34. The summed E-state index contributed by atoms with van der Waals surface area (Å²) >= 11 is 0. The fourth-order valence-electron chi connectivity index (χ4n) is 4.64. The van der Waals surface area contributed by atoms with Crippen molar-refractivity contribution in [2.24, 2.45) is 0 Å². The highest BCUT2D eigenvalue weighted by Gasteiger charge is 2.54. The van der Waals surface area contributed by atoms with Gasteiger partial charge in [-0.15, -0.1) is 0 Å². The molecule has 2 amide bonds. The molecule has 0 saturated carbocycles. The van der Waals surface area contributed by atoms with E-state index in [0.29, 0.717) is 19.6 Å². The molecule has 0 bridgehead atoms. The number of nitrogens with zero attached hydrogens (tertiary/aromatic N) is 2. The lowest BCUT2D eigenvalue weighted by Gasteiger charge is -2.55. The number of H-pyrrole nitrogens is 1. The number of rotatable bonds is 4. The minimum atomic E-state index is -0.479. The Morgan fingerprint density at radius 3 is 2.64 bits per heavy atom. The summed E-state index contributed by atoms with van der Waals surface area (Å²) in [6.07, 6.45) is 0. The zero-order valence-corrected chi connectivity index (χ0v) is 16.3. The molecule has 1 atom stereocenters. The molecule has 8 nitrogen and oxygen atoms in total. The lowest BCUT2D eigenvalue weighted by Crippen LogP contribution is -2.68. The number of likely N-dealkylation sites (tertiary alicyclic amines) is 1. The van der Waals surface area contributed by atoms with E-state index in [4.69, 9.17) is 9.47 Å². The predicted molar refractivity (Wildman–Crippen MR) is 102 cm³/mol. The average Bonchev–Trinajstić information content (AvgIpc) is 3.03. The van der Waals surface area contributed by atoms with Gasteiger partial charge in [0.25, 0.3) is 0 Å². The molecule has 8 heteroatoms. The Morgan fingerprint density at radius 1 is 1.29 bits per heavy atom. The lowest BCUT2D eigenvalue weighted by molar-refractivity contribution is -0.146. The Bertz CT molecular complexity index is 931. The van der Waals surface area contributed by atoms with Gasteiger partial charge in [0.2, 0.25) is 11.8 Å². The van der Waals surface area contributed by atoms with Crippen molar-refractivity contribution in [2.45, 2.75) is 18.4 Å². The van der Waals surface area contributed by atoms with Gasteiger partial charge < -0.3 is 29.4 Å². The molecule has 0 radical (unpaired) electrons. The van der Waals surface area contributed by atoms with Crippen molar-refractivity contribution < 1.29 is 24.2 Å². The molecule has 1 saturated heterocycles. The van der Waals surface area contributed by atoms with Crippen LogP contribution in [0.4, 0.5) is 0 Å². The molecule has 2 aliphatic rings. The van der Waals surface area contributed by atoms with E-state index < -0.39 is 6.04 Å². The van der Waals surface area contributed by atoms with Crippen LogP contribution in [0.2, 0.25) is 0 Å². The maximum atomic E-state index is 12.7. The molecule has 2 aromatic rings. The van der Waals surface area contributed by atoms with Gasteiger partial charge in [0.1, 0.15) is 12.4 Å². The van der Waals surface area contributed by atoms with Crippen LogP contribution in [-0.4, -0.2) is 78.8 Å². The van der Waals surface area contributed by atoms with E-state index in [0.717, 1.165) is 27.9 Å². The first-order chi connectivity index (χ1) is 13.4. The number of aromatic amines is 1. The van der Waals surface area contributed by atoms with E-state index >= 15 is 0 Å². The van der Waals surface area contributed by atoms with E-state index in [1.807, 2.05) is 18.2 Å². The molecule has 0 aliphatic carbocycles. The van der Waals surface area contributed by atoms with Crippen LogP contribution in [0.25, 0.3) is 10.9 Å². The smallest absolute Gasteiger partial charge is 0.249 e. The lowest BCUT2D eigenvalue weighted by atomic mass is 9.68. The van der Waals surface area contributed by atoms with Crippen molar-refractivity contribution in [3.05, 3.63) is 29.5 Å². The normalized spacial score (nSPS) is 20.2. The molecular weight excluding hydrogens is 362 g/mol. The van der Waals surface area contributed by atoms with Crippen LogP contribution < -0.4 is 4.74 Å². The summed E-state index contributed by atoms with van der Waals surface area (Å²) in [5, 5.41) is 11.1. The van der Waals surface area contributed by atoms with Crippen molar-refractivity contribution in [1.29, 1.82) is 0 Å². The second-order valence-corrected chi connectivity index (χ2v) is 7.63. The molecule has 0 unspecified atom stereocenters. The third kappa shape index (κ3) is 2.67. The summed E-state index contributed by atoms with van der Waals surface area (Å²) in [5.41, 5.74) is 2.44. The molecule has 28 heavy (non-hydrogen) atoms. The number of fused-ring (bicyclic) bond motifs is 4. The topological polar surface area (TPSA) is 95.1 Å². The fraction of sp³-hybridized carbons (Fsp3) is 0.500. The standard InChI is InChI=1S/C20H25N3O5/c1-12(25)22-9-20(10-22)11-23(17(26)8-27-2)16(7-24)19-18(20)14-5-4-13(28-3)6-15(14)21-19/h4-6,16,21,24H,7-11H2,1-3H3/t16-/m0/s1. The Kier molecular flexibility index (Phi) is 4.55. The zero-order valence-electron chi connectivity index (χ0n) is 16.3. The number of ether oxygens (including phenoxy) is 2. The fourth-order valence-corrected chi connectivity index (χ4v) is 4.64. The molecule has 1 aromatic carbocycles.